The summed E-state index contributed by atoms with van der Waals surface area (Å²) in [6, 6.07) is 6.04. The van der Waals surface area contributed by atoms with Crippen LogP contribution in [0.2, 0.25) is 0 Å². The van der Waals surface area contributed by atoms with Crippen LogP contribution in [-0.4, -0.2) is 60.4 Å². The molecule has 0 radical (unpaired) electrons. The molecule has 5 heteroatoms. The maximum Gasteiger partial charge on any atom is 0.253 e. The Labute approximate surface area is 137 Å². The fraction of sp³-hybridized carbons (Fsp3) is 0.556. The number of amides is 2. The third-order valence-electron chi connectivity index (χ3n) is 5.00. The maximum absolute atomic E-state index is 12.8. The molecule has 3 rings (SSSR count). The normalized spacial score (nSPS) is 22.3. The van der Waals surface area contributed by atoms with Crippen LogP contribution in [0.3, 0.4) is 0 Å². The summed E-state index contributed by atoms with van der Waals surface area (Å²) in [7, 11) is 0. The van der Waals surface area contributed by atoms with Gasteiger partial charge in [-0.3, -0.25) is 9.59 Å². The van der Waals surface area contributed by atoms with Crippen LogP contribution in [0.25, 0.3) is 0 Å². The van der Waals surface area contributed by atoms with Crippen LogP contribution in [0.1, 0.15) is 34.3 Å². The number of nitrogens with zero attached hydrogens (tertiary/aromatic N) is 2. The zero-order chi connectivity index (χ0) is 16.4. The molecule has 2 amide bonds. The smallest absolute Gasteiger partial charge is 0.253 e. The van der Waals surface area contributed by atoms with E-state index in [-0.39, 0.29) is 17.9 Å². The predicted molar refractivity (Wildman–Crippen MR) is 89.4 cm³/mol. The van der Waals surface area contributed by atoms with E-state index in [2.05, 4.69) is 12.2 Å². The number of hydrogen-bond acceptors (Lipinski definition) is 3. The molecule has 0 aromatic heterocycles. The van der Waals surface area contributed by atoms with Crippen molar-refractivity contribution in [1.29, 1.82) is 0 Å². The van der Waals surface area contributed by atoms with Gasteiger partial charge in [0.1, 0.15) is 0 Å². The van der Waals surface area contributed by atoms with E-state index >= 15 is 0 Å². The highest BCUT2D eigenvalue weighted by atomic mass is 16.2. The van der Waals surface area contributed by atoms with Crippen molar-refractivity contribution in [2.45, 2.75) is 32.7 Å². The zero-order valence-electron chi connectivity index (χ0n) is 14.0. The van der Waals surface area contributed by atoms with Gasteiger partial charge in [-0.2, -0.15) is 0 Å². The summed E-state index contributed by atoms with van der Waals surface area (Å²) in [6.45, 7) is 7.52. The first-order valence-electron chi connectivity index (χ1n) is 8.43. The van der Waals surface area contributed by atoms with Gasteiger partial charge in [-0.05, 0) is 49.9 Å². The average molecular weight is 315 g/mol. The molecule has 1 aromatic rings. The Morgan fingerprint density at radius 3 is 2.78 bits per heavy atom. The van der Waals surface area contributed by atoms with Crippen LogP contribution in [0, 0.1) is 13.8 Å². The number of piperidine rings is 1. The number of hydrogen-bond donors (Lipinski definition) is 1. The number of carbonyl (C=O) groups excluding carboxylic acids is 2. The van der Waals surface area contributed by atoms with Crippen LogP contribution < -0.4 is 5.32 Å². The minimum Gasteiger partial charge on any atom is -0.337 e. The molecule has 1 atom stereocenters. The molecule has 2 heterocycles. The van der Waals surface area contributed by atoms with Crippen molar-refractivity contribution in [3.05, 3.63) is 34.9 Å². The molecule has 124 valence electrons. The molecule has 0 bridgehead atoms. The standard InChI is InChI=1S/C18H25N3O2/c1-13-5-6-15(10-14(13)2)18(23)20-8-3-4-16(12-20)21-9-7-19-11-17(21)22/h5-6,10,16,19H,3-4,7-9,11-12H2,1-2H3. The summed E-state index contributed by atoms with van der Waals surface area (Å²) in [4.78, 5) is 28.7. The summed E-state index contributed by atoms with van der Waals surface area (Å²) in [5, 5.41) is 3.10. The Morgan fingerprint density at radius 2 is 2.04 bits per heavy atom. The topological polar surface area (TPSA) is 52.7 Å². The van der Waals surface area contributed by atoms with Crippen molar-refractivity contribution >= 4 is 11.8 Å². The quantitative estimate of drug-likeness (QED) is 0.896. The highest BCUT2D eigenvalue weighted by Gasteiger charge is 2.31. The number of aryl methyl sites for hydroxylation is 2. The molecule has 2 fully saturated rings. The zero-order valence-corrected chi connectivity index (χ0v) is 14.0. The number of rotatable bonds is 2. The van der Waals surface area contributed by atoms with Crippen molar-refractivity contribution in [3.63, 3.8) is 0 Å². The Bertz CT molecular complexity index is 614. The highest BCUT2D eigenvalue weighted by molar-refractivity contribution is 5.94. The lowest BCUT2D eigenvalue weighted by Crippen LogP contribution is -2.57. The van der Waals surface area contributed by atoms with Gasteiger partial charge < -0.3 is 15.1 Å². The van der Waals surface area contributed by atoms with Crippen molar-refractivity contribution in [3.8, 4) is 0 Å². The van der Waals surface area contributed by atoms with Gasteiger partial charge in [0.15, 0.2) is 0 Å². The average Bonchev–Trinajstić information content (AvgIpc) is 2.57. The van der Waals surface area contributed by atoms with E-state index in [9.17, 15) is 9.59 Å². The summed E-state index contributed by atoms with van der Waals surface area (Å²) < 4.78 is 0. The third-order valence-corrected chi connectivity index (χ3v) is 5.00. The van der Waals surface area contributed by atoms with Crippen molar-refractivity contribution < 1.29 is 9.59 Å². The lowest BCUT2D eigenvalue weighted by atomic mass is 10.0. The Kier molecular flexibility index (Phi) is 4.66. The van der Waals surface area contributed by atoms with E-state index in [1.54, 1.807) is 0 Å². The molecule has 1 unspecified atom stereocenters. The van der Waals surface area contributed by atoms with Gasteiger partial charge in [-0.25, -0.2) is 0 Å². The van der Waals surface area contributed by atoms with E-state index in [1.165, 1.54) is 5.56 Å². The van der Waals surface area contributed by atoms with E-state index in [0.717, 1.165) is 43.6 Å². The highest BCUT2D eigenvalue weighted by Crippen LogP contribution is 2.20. The van der Waals surface area contributed by atoms with E-state index in [4.69, 9.17) is 0 Å². The second-order valence-corrected chi connectivity index (χ2v) is 6.61. The molecule has 0 saturated carbocycles. The molecule has 0 spiro atoms. The van der Waals surface area contributed by atoms with Crippen LogP contribution in [0.15, 0.2) is 18.2 Å². The Hall–Kier alpha value is -1.88. The third kappa shape index (κ3) is 3.39. The minimum absolute atomic E-state index is 0.0837. The molecule has 2 aliphatic heterocycles. The summed E-state index contributed by atoms with van der Waals surface area (Å²) in [5.74, 6) is 0.238. The molecule has 5 nitrogen and oxygen atoms in total. The van der Waals surface area contributed by atoms with Crippen molar-refractivity contribution in [2.75, 3.05) is 32.7 Å². The predicted octanol–water partition coefficient (Wildman–Crippen LogP) is 1.34. The van der Waals surface area contributed by atoms with Crippen LogP contribution in [0.5, 0.6) is 0 Å². The Morgan fingerprint density at radius 1 is 1.22 bits per heavy atom. The molecule has 23 heavy (non-hydrogen) atoms. The summed E-state index contributed by atoms with van der Waals surface area (Å²) >= 11 is 0. The summed E-state index contributed by atoms with van der Waals surface area (Å²) in [5.41, 5.74) is 3.09. The fourth-order valence-electron chi connectivity index (χ4n) is 3.46. The first kappa shape index (κ1) is 16.0. The van der Waals surface area contributed by atoms with Gasteiger partial charge in [0.05, 0.1) is 6.54 Å². The van der Waals surface area contributed by atoms with Crippen molar-refractivity contribution in [2.24, 2.45) is 0 Å². The molecular formula is C18H25N3O2. The first-order chi connectivity index (χ1) is 11.1. The lowest BCUT2D eigenvalue weighted by Gasteiger charge is -2.41. The van der Waals surface area contributed by atoms with E-state index < -0.39 is 0 Å². The first-order valence-corrected chi connectivity index (χ1v) is 8.43. The Balaban J connectivity index is 1.71. The second kappa shape index (κ2) is 6.71. The largest absolute Gasteiger partial charge is 0.337 e. The van der Waals surface area contributed by atoms with Gasteiger partial charge in [-0.15, -0.1) is 0 Å². The molecule has 1 N–H and O–H groups in total. The second-order valence-electron chi connectivity index (χ2n) is 6.61. The van der Waals surface area contributed by atoms with Crippen LogP contribution in [0.4, 0.5) is 0 Å². The molecule has 0 aliphatic carbocycles. The molecular weight excluding hydrogens is 290 g/mol. The molecule has 2 aliphatic rings. The lowest BCUT2D eigenvalue weighted by molar-refractivity contribution is -0.135. The number of benzene rings is 1. The van der Waals surface area contributed by atoms with Crippen LogP contribution >= 0.6 is 0 Å². The minimum atomic E-state index is 0.0837. The molecule has 1 aromatic carbocycles. The number of likely N-dealkylation sites (tertiary alicyclic amines) is 1. The van der Waals surface area contributed by atoms with E-state index in [1.807, 2.05) is 34.9 Å². The van der Waals surface area contributed by atoms with E-state index in [0.29, 0.717) is 13.1 Å². The van der Waals surface area contributed by atoms with Gasteiger partial charge in [0.25, 0.3) is 5.91 Å². The number of piperazine rings is 1. The van der Waals surface area contributed by atoms with Gasteiger partial charge in [-0.1, -0.05) is 6.07 Å². The van der Waals surface area contributed by atoms with Gasteiger partial charge in [0.2, 0.25) is 5.91 Å². The maximum atomic E-state index is 12.8. The number of nitrogens with one attached hydrogen (secondary N) is 1. The SMILES string of the molecule is Cc1ccc(C(=O)N2CCCC(N3CCNCC3=O)C2)cc1C. The monoisotopic (exact) mass is 315 g/mol. The van der Waals surface area contributed by atoms with Crippen molar-refractivity contribution in [1.82, 2.24) is 15.1 Å². The van der Waals surface area contributed by atoms with Gasteiger partial charge >= 0.3 is 0 Å². The fourth-order valence-corrected chi connectivity index (χ4v) is 3.46. The summed E-state index contributed by atoms with van der Waals surface area (Å²) in [6.07, 6.45) is 1.95. The number of carbonyl (C=O) groups is 2. The molecule has 2 saturated heterocycles. The van der Waals surface area contributed by atoms with Crippen LogP contribution in [-0.2, 0) is 4.79 Å². The van der Waals surface area contributed by atoms with Gasteiger partial charge in [0, 0.05) is 37.8 Å².